The van der Waals surface area contributed by atoms with Crippen molar-refractivity contribution in [1.82, 2.24) is 0 Å². The van der Waals surface area contributed by atoms with Gasteiger partial charge in [0.2, 0.25) is 0 Å². The van der Waals surface area contributed by atoms with Crippen LogP contribution in [0.3, 0.4) is 0 Å². The molecule has 0 radical (unpaired) electrons. The maximum Gasteiger partial charge on any atom is 0.197 e. The zero-order valence-electron chi connectivity index (χ0n) is 8.77. The van der Waals surface area contributed by atoms with E-state index in [-0.39, 0.29) is 12.6 Å². The Balaban J connectivity index is 1.88. The SMILES string of the molecule is Cc1cc(S)ccc1OCC1OC(C)O1. The van der Waals surface area contributed by atoms with Crippen molar-refractivity contribution in [2.24, 2.45) is 0 Å². The lowest BCUT2D eigenvalue weighted by molar-refractivity contribution is -0.380. The Bertz CT molecular complexity index is 348. The van der Waals surface area contributed by atoms with E-state index in [1.807, 2.05) is 32.0 Å². The molecule has 0 aromatic heterocycles. The van der Waals surface area contributed by atoms with E-state index in [1.54, 1.807) is 0 Å². The van der Waals surface area contributed by atoms with Crippen LogP contribution < -0.4 is 4.74 Å². The van der Waals surface area contributed by atoms with Crippen LogP contribution in [0.4, 0.5) is 0 Å². The van der Waals surface area contributed by atoms with Crippen LogP contribution in [-0.2, 0) is 9.47 Å². The summed E-state index contributed by atoms with van der Waals surface area (Å²) in [6.07, 6.45) is -0.324. The Hall–Kier alpha value is -0.710. The summed E-state index contributed by atoms with van der Waals surface area (Å²) in [5.74, 6) is 0.847. The number of ether oxygens (including phenoxy) is 3. The maximum atomic E-state index is 5.56. The van der Waals surface area contributed by atoms with Crippen molar-refractivity contribution in [2.45, 2.75) is 31.3 Å². The predicted molar refractivity (Wildman–Crippen MR) is 59.3 cm³/mol. The first-order valence-corrected chi connectivity index (χ1v) is 5.33. The summed E-state index contributed by atoms with van der Waals surface area (Å²) in [6.45, 7) is 4.27. The van der Waals surface area contributed by atoms with Crippen molar-refractivity contribution < 1.29 is 14.2 Å². The summed E-state index contributed by atoms with van der Waals surface area (Å²) in [6, 6.07) is 5.76. The monoisotopic (exact) mass is 226 g/mol. The van der Waals surface area contributed by atoms with E-state index in [2.05, 4.69) is 12.6 Å². The highest BCUT2D eigenvalue weighted by atomic mass is 32.1. The van der Waals surface area contributed by atoms with Gasteiger partial charge in [0, 0.05) is 4.90 Å². The molecule has 82 valence electrons. The van der Waals surface area contributed by atoms with Crippen LogP contribution in [-0.4, -0.2) is 19.2 Å². The molecule has 0 aliphatic carbocycles. The number of thiol groups is 1. The number of aryl methyl sites for hydroxylation is 1. The van der Waals surface area contributed by atoms with Gasteiger partial charge in [0.25, 0.3) is 0 Å². The van der Waals surface area contributed by atoms with Gasteiger partial charge in [-0.05, 0) is 37.6 Å². The lowest BCUT2D eigenvalue weighted by Gasteiger charge is -2.33. The average Bonchev–Trinajstić information content (AvgIpc) is 2.13. The molecular weight excluding hydrogens is 212 g/mol. The third kappa shape index (κ3) is 2.65. The molecule has 0 atom stereocenters. The van der Waals surface area contributed by atoms with E-state index in [4.69, 9.17) is 14.2 Å². The molecule has 1 heterocycles. The van der Waals surface area contributed by atoms with Crippen LogP contribution in [0.5, 0.6) is 5.75 Å². The van der Waals surface area contributed by atoms with E-state index < -0.39 is 0 Å². The second-order valence-corrected chi connectivity index (χ2v) is 4.05. The summed E-state index contributed by atoms with van der Waals surface area (Å²) < 4.78 is 16.1. The van der Waals surface area contributed by atoms with Crippen LogP contribution in [0.15, 0.2) is 23.1 Å². The summed E-state index contributed by atoms with van der Waals surface area (Å²) in [4.78, 5) is 0.935. The molecule has 4 heteroatoms. The lowest BCUT2D eigenvalue weighted by Crippen LogP contribution is -2.42. The third-order valence-electron chi connectivity index (χ3n) is 2.22. The zero-order valence-corrected chi connectivity index (χ0v) is 9.66. The topological polar surface area (TPSA) is 27.7 Å². The van der Waals surface area contributed by atoms with Crippen LogP contribution in [0, 0.1) is 6.92 Å². The molecule has 2 rings (SSSR count). The van der Waals surface area contributed by atoms with Gasteiger partial charge in [0.1, 0.15) is 12.4 Å². The largest absolute Gasteiger partial charge is 0.488 e. The predicted octanol–water partition coefficient (Wildman–Crippen LogP) is 2.38. The molecule has 0 saturated carbocycles. The van der Waals surface area contributed by atoms with Gasteiger partial charge in [-0.1, -0.05) is 0 Å². The Labute approximate surface area is 94.7 Å². The molecule has 1 saturated heterocycles. The minimum Gasteiger partial charge on any atom is -0.488 e. The van der Waals surface area contributed by atoms with Gasteiger partial charge in [-0.3, -0.25) is 0 Å². The second kappa shape index (κ2) is 4.43. The van der Waals surface area contributed by atoms with Gasteiger partial charge in [-0.15, -0.1) is 12.6 Å². The molecule has 1 aliphatic rings. The Morgan fingerprint density at radius 3 is 2.73 bits per heavy atom. The molecule has 0 spiro atoms. The Kier molecular flexibility index (Phi) is 3.19. The molecule has 1 aromatic rings. The van der Waals surface area contributed by atoms with Crippen molar-refractivity contribution in [3.05, 3.63) is 23.8 Å². The number of benzene rings is 1. The molecule has 1 aromatic carbocycles. The maximum absolute atomic E-state index is 5.56. The average molecular weight is 226 g/mol. The quantitative estimate of drug-likeness (QED) is 0.802. The molecule has 0 amide bonds. The van der Waals surface area contributed by atoms with Crippen molar-refractivity contribution in [1.29, 1.82) is 0 Å². The Morgan fingerprint density at radius 2 is 2.13 bits per heavy atom. The molecule has 1 aliphatic heterocycles. The second-order valence-electron chi connectivity index (χ2n) is 3.53. The standard InChI is InChI=1S/C11H14O3S/c1-7-5-9(15)3-4-10(7)12-6-11-13-8(2)14-11/h3-5,8,11,15H,6H2,1-2H3. The van der Waals surface area contributed by atoms with E-state index in [9.17, 15) is 0 Å². The highest BCUT2D eigenvalue weighted by molar-refractivity contribution is 7.80. The number of rotatable bonds is 3. The molecule has 3 nitrogen and oxygen atoms in total. The molecule has 0 bridgehead atoms. The van der Waals surface area contributed by atoms with E-state index in [0.29, 0.717) is 6.61 Å². The highest BCUT2D eigenvalue weighted by Gasteiger charge is 2.27. The van der Waals surface area contributed by atoms with Gasteiger partial charge in [0.05, 0.1) is 0 Å². The van der Waals surface area contributed by atoms with E-state index in [1.165, 1.54) is 0 Å². The summed E-state index contributed by atoms with van der Waals surface area (Å²) >= 11 is 4.25. The molecule has 1 fully saturated rings. The molecule has 15 heavy (non-hydrogen) atoms. The first-order valence-electron chi connectivity index (χ1n) is 4.88. The van der Waals surface area contributed by atoms with E-state index in [0.717, 1.165) is 16.2 Å². The fourth-order valence-corrected chi connectivity index (χ4v) is 1.74. The van der Waals surface area contributed by atoms with Gasteiger partial charge in [0.15, 0.2) is 12.6 Å². The normalized spacial score (nSPS) is 24.7. The van der Waals surface area contributed by atoms with Gasteiger partial charge >= 0.3 is 0 Å². The smallest absolute Gasteiger partial charge is 0.197 e. The first-order chi connectivity index (χ1) is 7.15. The molecular formula is C11H14O3S. The zero-order chi connectivity index (χ0) is 10.8. The van der Waals surface area contributed by atoms with Crippen LogP contribution in [0.1, 0.15) is 12.5 Å². The third-order valence-corrected chi connectivity index (χ3v) is 2.50. The van der Waals surface area contributed by atoms with Crippen molar-refractivity contribution >= 4 is 12.6 Å². The summed E-state index contributed by atoms with van der Waals surface area (Å²) in [7, 11) is 0. The van der Waals surface area contributed by atoms with Crippen LogP contribution >= 0.6 is 12.6 Å². The Morgan fingerprint density at radius 1 is 1.40 bits per heavy atom. The van der Waals surface area contributed by atoms with Crippen molar-refractivity contribution in [2.75, 3.05) is 6.61 Å². The van der Waals surface area contributed by atoms with E-state index >= 15 is 0 Å². The van der Waals surface area contributed by atoms with Gasteiger partial charge in [-0.25, -0.2) is 0 Å². The first kappa shape index (κ1) is 10.8. The van der Waals surface area contributed by atoms with Gasteiger partial charge < -0.3 is 14.2 Å². The van der Waals surface area contributed by atoms with Crippen molar-refractivity contribution in [3.8, 4) is 5.75 Å². The number of hydrogen-bond acceptors (Lipinski definition) is 4. The number of hydrogen-bond donors (Lipinski definition) is 1. The summed E-state index contributed by atoms with van der Waals surface area (Å²) in [5.41, 5.74) is 1.06. The fraction of sp³-hybridized carbons (Fsp3) is 0.455. The minimum atomic E-state index is -0.227. The molecule has 0 N–H and O–H groups in total. The van der Waals surface area contributed by atoms with Crippen molar-refractivity contribution in [3.63, 3.8) is 0 Å². The van der Waals surface area contributed by atoms with Crippen LogP contribution in [0.25, 0.3) is 0 Å². The fourth-order valence-electron chi connectivity index (χ4n) is 1.47. The minimum absolute atomic E-state index is 0.0977. The van der Waals surface area contributed by atoms with Crippen LogP contribution in [0.2, 0.25) is 0 Å². The summed E-state index contributed by atoms with van der Waals surface area (Å²) in [5, 5.41) is 0. The highest BCUT2D eigenvalue weighted by Crippen LogP contribution is 2.23. The molecule has 0 unspecified atom stereocenters. The van der Waals surface area contributed by atoms with Gasteiger partial charge in [-0.2, -0.15) is 0 Å². The lowest BCUT2D eigenvalue weighted by atomic mass is 10.2.